The van der Waals surface area contributed by atoms with Gasteiger partial charge in [-0.25, -0.2) is 4.39 Å². The Bertz CT molecular complexity index is 519. The Hall–Kier alpha value is -1.61. The van der Waals surface area contributed by atoms with Crippen molar-refractivity contribution in [2.24, 2.45) is 5.73 Å². The molecule has 0 aliphatic carbocycles. The summed E-state index contributed by atoms with van der Waals surface area (Å²) < 4.78 is 19.3. The molecule has 0 bridgehead atoms. The van der Waals surface area contributed by atoms with E-state index in [0.29, 0.717) is 11.3 Å². The van der Waals surface area contributed by atoms with Gasteiger partial charge in [0, 0.05) is 12.0 Å². The van der Waals surface area contributed by atoms with Gasteiger partial charge < -0.3 is 10.2 Å². The Kier molecular flexibility index (Phi) is 3.29. The third kappa shape index (κ3) is 2.39. The summed E-state index contributed by atoms with van der Waals surface area (Å²) in [4.78, 5) is 0. The average molecular weight is 233 g/mol. The molecule has 0 fully saturated rings. The van der Waals surface area contributed by atoms with Crippen LogP contribution in [-0.2, 0) is 6.42 Å². The second-order valence-corrected chi connectivity index (χ2v) is 4.16. The van der Waals surface area contributed by atoms with E-state index in [4.69, 9.17) is 10.2 Å². The van der Waals surface area contributed by atoms with Crippen LogP contribution in [0.1, 0.15) is 35.6 Å². The fourth-order valence-electron chi connectivity index (χ4n) is 1.79. The van der Waals surface area contributed by atoms with E-state index in [1.54, 1.807) is 6.07 Å². The Morgan fingerprint density at radius 1 is 1.29 bits per heavy atom. The summed E-state index contributed by atoms with van der Waals surface area (Å²) in [6, 6.07) is 8.19. The first-order chi connectivity index (χ1) is 8.11. The molecular formula is C14H16FNO. The van der Waals surface area contributed by atoms with Gasteiger partial charge in [-0.3, -0.25) is 0 Å². The van der Waals surface area contributed by atoms with E-state index in [2.05, 4.69) is 0 Å². The average Bonchev–Trinajstić information content (AvgIpc) is 2.76. The van der Waals surface area contributed by atoms with Crippen LogP contribution in [0.2, 0.25) is 0 Å². The lowest BCUT2D eigenvalue weighted by Gasteiger charge is -2.10. The Morgan fingerprint density at radius 2 is 2.06 bits per heavy atom. The minimum atomic E-state index is -0.545. The zero-order chi connectivity index (χ0) is 12.4. The Labute approximate surface area is 100 Å². The van der Waals surface area contributed by atoms with Crippen LogP contribution in [0.4, 0.5) is 4.39 Å². The van der Waals surface area contributed by atoms with E-state index < -0.39 is 6.04 Å². The molecule has 1 aromatic heterocycles. The number of benzene rings is 1. The fourth-order valence-corrected chi connectivity index (χ4v) is 1.79. The number of nitrogens with two attached hydrogens (primary N) is 1. The number of furan rings is 1. The molecule has 3 heteroatoms. The standard InChI is InChI=1S/C14H16FNO/c1-3-10-5-7-13(17-10)14(16)11-6-4-9(2)8-12(11)15/h4-8,14H,3,16H2,1-2H3. The first-order valence-electron chi connectivity index (χ1n) is 5.72. The van der Waals surface area contributed by atoms with Crippen molar-refractivity contribution in [3.63, 3.8) is 0 Å². The van der Waals surface area contributed by atoms with E-state index in [1.807, 2.05) is 32.0 Å². The van der Waals surface area contributed by atoms with Gasteiger partial charge in [0.05, 0.1) is 6.04 Å². The first-order valence-corrected chi connectivity index (χ1v) is 5.72. The Morgan fingerprint density at radius 3 is 2.65 bits per heavy atom. The van der Waals surface area contributed by atoms with Crippen LogP contribution < -0.4 is 5.73 Å². The topological polar surface area (TPSA) is 39.2 Å². The Balaban J connectivity index is 2.33. The summed E-state index contributed by atoms with van der Waals surface area (Å²) >= 11 is 0. The van der Waals surface area contributed by atoms with Crippen LogP contribution in [0.15, 0.2) is 34.7 Å². The number of rotatable bonds is 3. The molecular weight excluding hydrogens is 217 g/mol. The van der Waals surface area contributed by atoms with Crippen molar-refractivity contribution < 1.29 is 8.81 Å². The third-order valence-electron chi connectivity index (χ3n) is 2.83. The maximum atomic E-state index is 13.8. The predicted octanol–water partition coefficient (Wildman–Crippen LogP) is 3.34. The molecule has 0 amide bonds. The molecule has 1 heterocycles. The highest BCUT2D eigenvalue weighted by atomic mass is 19.1. The smallest absolute Gasteiger partial charge is 0.128 e. The molecule has 2 aromatic rings. The highest BCUT2D eigenvalue weighted by Gasteiger charge is 2.16. The molecule has 0 aliphatic heterocycles. The molecule has 1 aromatic carbocycles. The van der Waals surface area contributed by atoms with Crippen LogP contribution in [0.3, 0.4) is 0 Å². The normalized spacial score (nSPS) is 12.7. The zero-order valence-electron chi connectivity index (χ0n) is 10.0. The zero-order valence-corrected chi connectivity index (χ0v) is 10.0. The van der Waals surface area contributed by atoms with Crippen LogP contribution >= 0.6 is 0 Å². The summed E-state index contributed by atoms with van der Waals surface area (Å²) in [6.45, 7) is 3.85. The van der Waals surface area contributed by atoms with Gasteiger partial charge in [-0.2, -0.15) is 0 Å². The molecule has 17 heavy (non-hydrogen) atoms. The van der Waals surface area contributed by atoms with E-state index >= 15 is 0 Å². The SMILES string of the molecule is CCc1ccc(C(N)c2ccc(C)cc2F)o1. The van der Waals surface area contributed by atoms with Crippen LogP contribution in [-0.4, -0.2) is 0 Å². The van der Waals surface area contributed by atoms with E-state index in [0.717, 1.165) is 17.7 Å². The molecule has 90 valence electrons. The van der Waals surface area contributed by atoms with Gasteiger partial charge in [-0.05, 0) is 30.7 Å². The maximum Gasteiger partial charge on any atom is 0.128 e. The maximum absolute atomic E-state index is 13.8. The van der Waals surface area contributed by atoms with Gasteiger partial charge >= 0.3 is 0 Å². The lowest BCUT2D eigenvalue weighted by atomic mass is 10.0. The van der Waals surface area contributed by atoms with Crippen LogP contribution in [0.5, 0.6) is 0 Å². The van der Waals surface area contributed by atoms with Crippen molar-refractivity contribution in [2.45, 2.75) is 26.3 Å². The van der Waals surface area contributed by atoms with E-state index in [1.165, 1.54) is 6.07 Å². The van der Waals surface area contributed by atoms with Crippen LogP contribution in [0, 0.1) is 12.7 Å². The second kappa shape index (κ2) is 4.72. The lowest BCUT2D eigenvalue weighted by molar-refractivity contribution is 0.448. The van der Waals surface area contributed by atoms with Crippen molar-refractivity contribution in [2.75, 3.05) is 0 Å². The molecule has 0 aliphatic rings. The molecule has 0 radical (unpaired) electrons. The van der Waals surface area contributed by atoms with Crippen molar-refractivity contribution >= 4 is 0 Å². The minimum absolute atomic E-state index is 0.285. The fraction of sp³-hybridized carbons (Fsp3) is 0.286. The number of hydrogen-bond donors (Lipinski definition) is 1. The van der Waals surface area contributed by atoms with Crippen molar-refractivity contribution in [1.82, 2.24) is 0 Å². The largest absolute Gasteiger partial charge is 0.464 e. The summed E-state index contributed by atoms with van der Waals surface area (Å²) in [5.41, 5.74) is 7.35. The van der Waals surface area contributed by atoms with Gasteiger partial charge in [-0.1, -0.05) is 19.1 Å². The molecule has 1 atom stereocenters. The van der Waals surface area contributed by atoms with Crippen molar-refractivity contribution in [1.29, 1.82) is 0 Å². The highest BCUT2D eigenvalue weighted by Crippen LogP contribution is 2.24. The van der Waals surface area contributed by atoms with Gasteiger partial charge in [0.15, 0.2) is 0 Å². The summed E-state index contributed by atoms with van der Waals surface area (Å²) in [6.07, 6.45) is 0.809. The number of aryl methyl sites for hydroxylation is 2. The summed E-state index contributed by atoms with van der Waals surface area (Å²) in [7, 11) is 0. The third-order valence-corrected chi connectivity index (χ3v) is 2.83. The minimum Gasteiger partial charge on any atom is -0.464 e. The number of halogens is 1. The van der Waals surface area contributed by atoms with Crippen molar-refractivity contribution in [3.05, 3.63) is 58.8 Å². The summed E-state index contributed by atoms with van der Waals surface area (Å²) in [5.74, 6) is 1.18. The molecule has 0 saturated heterocycles. The lowest BCUT2D eigenvalue weighted by Crippen LogP contribution is -2.12. The van der Waals surface area contributed by atoms with Gasteiger partial charge in [-0.15, -0.1) is 0 Å². The molecule has 0 spiro atoms. The first kappa shape index (κ1) is 11.9. The summed E-state index contributed by atoms with van der Waals surface area (Å²) in [5, 5.41) is 0. The van der Waals surface area contributed by atoms with Crippen molar-refractivity contribution in [3.8, 4) is 0 Å². The molecule has 0 saturated carbocycles. The predicted molar refractivity (Wildman–Crippen MR) is 65.3 cm³/mol. The molecule has 2 nitrogen and oxygen atoms in total. The quantitative estimate of drug-likeness (QED) is 0.883. The van der Waals surface area contributed by atoms with Crippen LogP contribution in [0.25, 0.3) is 0 Å². The second-order valence-electron chi connectivity index (χ2n) is 4.16. The molecule has 2 rings (SSSR count). The number of hydrogen-bond acceptors (Lipinski definition) is 2. The van der Waals surface area contributed by atoms with Gasteiger partial charge in [0.25, 0.3) is 0 Å². The molecule has 2 N–H and O–H groups in total. The van der Waals surface area contributed by atoms with Gasteiger partial charge in [0.1, 0.15) is 17.3 Å². The van der Waals surface area contributed by atoms with E-state index in [-0.39, 0.29) is 5.82 Å². The molecule has 1 unspecified atom stereocenters. The van der Waals surface area contributed by atoms with Gasteiger partial charge in [0.2, 0.25) is 0 Å². The van der Waals surface area contributed by atoms with E-state index in [9.17, 15) is 4.39 Å². The highest BCUT2D eigenvalue weighted by molar-refractivity contribution is 5.30. The monoisotopic (exact) mass is 233 g/mol.